The standard InChI is InChI=1S/C18H25N3O2S/c1-13-4-6-15(7-5-13)21-9-2-3-16(18(21)23)20-17(22)11-14-12-24-10-8-19-14/h4-7,14,16,19H,2-3,8-12H2,1H3,(H,20,22). The minimum Gasteiger partial charge on any atom is -0.344 e. The van der Waals surface area contributed by atoms with Crippen LogP contribution >= 0.6 is 11.8 Å². The monoisotopic (exact) mass is 347 g/mol. The van der Waals surface area contributed by atoms with Crippen molar-refractivity contribution in [2.24, 2.45) is 0 Å². The lowest BCUT2D eigenvalue weighted by Crippen LogP contribution is -2.53. The topological polar surface area (TPSA) is 61.4 Å². The first-order valence-electron chi connectivity index (χ1n) is 8.62. The summed E-state index contributed by atoms with van der Waals surface area (Å²) in [6, 6.07) is 7.79. The fourth-order valence-corrected chi connectivity index (χ4v) is 4.17. The summed E-state index contributed by atoms with van der Waals surface area (Å²) in [5.74, 6) is 2.04. The van der Waals surface area contributed by atoms with Crippen molar-refractivity contribution in [2.75, 3.05) is 29.5 Å². The van der Waals surface area contributed by atoms with E-state index in [4.69, 9.17) is 0 Å². The highest BCUT2D eigenvalue weighted by atomic mass is 32.2. The van der Waals surface area contributed by atoms with Crippen LogP contribution in [0.15, 0.2) is 24.3 Å². The van der Waals surface area contributed by atoms with E-state index in [1.165, 1.54) is 5.56 Å². The van der Waals surface area contributed by atoms with Crippen molar-refractivity contribution < 1.29 is 9.59 Å². The van der Waals surface area contributed by atoms with Crippen LogP contribution in [0.2, 0.25) is 0 Å². The molecule has 3 rings (SSSR count). The largest absolute Gasteiger partial charge is 0.344 e. The van der Waals surface area contributed by atoms with E-state index >= 15 is 0 Å². The highest BCUT2D eigenvalue weighted by Crippen LogP contribution is 2.21. The maximum absolute atomic E-state index is 12.7. The molecule has 2 atom stereocenters. The number of hydrogen-bond acceptors (Lipinski definition) is 4. The molecule has 0 bridgehead atoms. The molecule has 0 radical (unpaired) electrons. The number of carbonyl (C=O) groups excluding carboxylic acids is 2. The third kappa shape index (κ3) is 4.30. The number of carbonyl (C=O) groups is 2. The predicted octanol–water partition coefficient (Wildman–Crippen LogP) is 1.70. The smallest absolute Gasteiger partial charge is 0.249 e. The summed E-state index contributed by atoms with van der Waals surface area (Å²) in [5, 5.41) is 6.31. The minimum atomic E-state index is -0.399. The van der Waals surface area contributed by atoms with Gasteiger partial charge in [0.05, 0.1) is 0 Å². The van der Waals surface area contributed by atoms with Crippen LogP contribution in [0, 0.1) is 6.92 Å². The summed E-state index contributed by atoms with van der Waals surface area (Å²) in [4.78, 5) is 26.8. The Hall–Kier alpha value is -1.53. The number of thioether (sulfide) groups is 1. The van der Waals surface area contributed by atoms with E-state index in [-0.39, 0.29) is 17.9 Å². The molecule has 130 valence electrons. The molecule has 2 aliphatic heterocycles. The summed E-state index contributed by atoms with van der Waals surface area (Å²) < 4.78 is 0. The average molecular weight is 347 g/mol. The quantitative estimate of drug-likeness (QED) is 0.870. The lowest BCUT2D eigenvalue weighted by Gasteiger charge is -2.33. The molecule has 5 nitrogen and oxygen atoms in total. The van der Waals surface area contributed by atoms with E-state index in [0.29, 0.717) is 6.42 Å². The van der Waals surface area contributed by atoms with Gasteiger partial charge in [0.2, 0.25) is 11.8 Å². The van der Waals surface area contributed by atoms with E-state index in [9.17, 15) is 9.59 Å². The van der Waals surface area contributed by atoms with Gasteiger partial charge in [-0.2, -0.15) is 11.8 Å². The zero-order chi connectivity index (χ0) is 16.9. The first-order valence-corrected chi connectivity index (χ1v) is 9.77. The number of amides is 2. The van der Waals surface area contributed by atoms with Gasteiger partial charge in [0.25, 0.3) is 0 Å². The predicted molar refractivity (Wildman–Crippen MR) is 98.4 cm³/mol. The fourth-order valence-electron chi connectivity index (χ4n) is 3.22. The number of rotatable bonds is 4. The molecule has 2 saturated heterocycles. The number of nitrogens with zero attached hydrogens (tertiary/aromatic N) is 1. The number of anilines is 1. The molecule has 2 unspecified atom stereocenters. The van der Waals surface area contributed by atoms with Crippen LogP contribution in [-0.2, 0) is 9.59 Å². The number of hydrogen-bond donors (Lipinski definition) is 2. The van der Waals surface area contributed by atoms with Gasteiger partial charge in [-0.3, -0.25) is 9.59 Å². The summed E-state index contributed by atoms with van der Waals surface area (Å²) in [7, 11) is 0. The van der Waals surface area contributed by atoms with Crippen molar-refractivity contribution in [3.8, 4) is 0 Å². The van der Waals surface area contributed by atoms with Gasteiger partial charge in [-0.25, -0.2) is 0 Å². The van der Waals surface area contributed by atoms with Crippen LogP contribution in [0.1, 0.15) is 24.8 Å². The van der Waals surface area contributed by atoms with Crippen molar-refractivity contribution in [2.45, 2.75) is 38.3 Å². The van der Waals surface area contributed by atoms with Crippen LogP contribution in [0.3, 0.4) is 0 Å². The van der Waals surface area contributed by atoms with Gasteiger partial charge in [-0.1, -0.05) is 17.7 Å². The fraction of sp³-hybridized carbons (Fsp3) is 0.556. The molecule has 1 aromatic rings. The highest BCUT2D eigenvalue weighted by molar-refractivity contribution is 7.99. The second-order valence-corrected chi connectivity index (χ2v) is 7.67. The van der Waals surface area contributed by atoms with Crippen LogP contribution in [0.5, 0.6) is 0 Å². The van der Waals surface area contributed by atoms with Crippen LogP contribution in [-0.4, -0.2) is 48.5 Å². The zero-order valence-corrected chi connectivity index (χ0v) is 14.9. The molecule has 2 fully saturated rings. The Kier molecular flexibility index (Phi) is 5.79. The number of benzene rings is 1. The van der Waals surface area contributed by atoms with Crippen LogP contribution in [0.4, 0.5) is 5.69 Å². The van der Waals surface area contributed by atoms with Crippen molar-refractivity contribution in [1.29, 1.82) is 0 Å². The van der Waals surface area contributed by atoms with Gasteiger partial charge in [-0.05, 0) is 31.9 Å². The third-order valence-electron chi connectivity index (χ3n) is 4.55. The van der Waals surface area contributed by atoms with E-state index in [2.05, 4.69) is 10.6 Å². The molecule has 2 N–H and O–H groups in total. The second kappa shape index (κ2) is 8.03. The molecule has 0 aliphatic carbocycles. The first kappa shape index (κ1) is 17.3. The zero-order valence-electron chi connectivity index (χ0n) is 14.1. The van der Waals surface area contributed by atoms with Gasteiger partial charge in [0.15, 0.2) is 0 Å². The Bertz CT molecular complexity index is 584. The molecule has 2 aliphatic rings. The summed E-state index contributed by atoms with van der Waals surface area (Å²) in [6.07, 6.45) is 2.07. The minimum absolute atomic E-state index is 0.00410. The van der Waals surface area contributed by atoms with E-state index in [0.717, 1.165) is 43.1 Å². The Morgan fingerprint density at radius 3 is 2.88 bits per heavy atom. The van der Waals surface area contributed by atoms with Crippen molar-refractivity contribution in [3.63, 3.8) is 0 Å². The molecule has 0 saturated carbocycles. The molecule has 1 aromatic carbocycles. The summed E-state index contributed by atoms with van der Waals surface area (Å²) >= 11 is 1.87. The maximum atomic E-state index is 12.7. The van der Waals surface area contributed by atoms with Crippen LogP contribution in [0.25, 0.3) is 0 Å². The van der Waals surface area contributed by atoms with Crippen molar-refractivity contribution in [3.05, 3.63) is 29.8 Å². The number of piperidine rings is 1. The first-order chi connectivity index (χ1) is 11.6. The Morgan fingerprint density at radius 1 is 1.38 bits per heavy atom. The lowest BCUT2D eigenvalue weighted by molar-refractivity contribution is -0.128. The number of aryl methyl sites for hydroxylation is 1. The van der Waals surface area contributed by atoms with E-state index in [1.54, 1.807) is 4.90 Å². The SMILES string of the molecule is Cc1ccc(N2CCCC(NC(=O)CC3CSCCN3)C2=O)cc1. The van der Waals surface area contributed by atoms with Gasteiger partial charge < -0.3 is 15.5 Å². The molecule has 0 aromatic heterocycles. The van der Waals surface area contributed by atoms with Crippen molar-refractivity contribution >= 4 is 29.3 Å². The number of nitrogens with one attached hydrogen (secondary N) is 2. The average Bonchev–Trinajstić information content (AvgIpc) is 2.59. The van der Waals surface area contributed by atoms with Gasteiger partial charge in [-0.15, -0.1) is 0 Å². The Balaban J connectivity index is 1.58. The van der Waals surface area contributed by atoms with Crippen molar-refractivity contribution in [1.82, 2.24) is 10.6 Å². The molecule has 2 amide bonds. The van der Waals surface area contributed by atoms with Gasteiger partial charge in [0, 0.05) is 42.7 Å². The third-order valence-corrected chi connectivity index (χ3v) is 5.68. The van der Waals surface area contributed by atoms with E-state index in [1.807, 2.05) is 43.0 Å². The Labute approximate surface area is 147 Å². The molecule has 2 heterocycles. The molecule has 24 heavy (non-hydrogen) atoms. The molecule has 6 heteroatoms. The summed E-state index contributed by atoms with van der Waals surface area (Å²) in [5.41, 5.74) is 2.08. The molecular weight excluding hydrogens is 322 g/mol. The highest BCUT2D eigenvalue weighted by Gasteiger charge is 2.31. The maximum Gasteiger partial charge on any atom is 0.249 e. The normalized spacial score (nSPS) is 24.7. The Morgan fingerprint density at radius 2 is 2.17 bits per heavy atom. The summed E-state index contributed by atoms with van der Waals surface area (Å²) in [6.45, 7) is 3.70. The molecular formula is C18H25N3O2S. The second-order valence-electron chi connectivity index (χ2n) is 6.52. The van der Waals surface area contributed by atoms with Gasteiger partial charge >= 0.3 is 0 Å². The van der Waals surface area contributed by atoms with Crippen LogP contribution < -0.4 is 15.5 Å². The van der Waals surface area contributed by atoms with Gasteiger partial charge in [0.1, 0.15) is 6.04 Å². The molecule has 0 spiro atoms. The lowest BCUT2D eigenvalue weighted by atomic mass is 10.0. The van der Waals surface area contributed by atoms with E-state index < -0.39 is 6.04 Å².